The maximum Gasteiger partial charge on any atom is 0.134 e. The Balaban J connectivity index is 1.78. The fourth-order valence-electron chi connectivity index (χ4n) is 4.75. The lowest BCUT2D eigenvalue weighted by molar-refractivity contribution is 0.429. The van der Waals surface area contributed by atoms with Gasteiger partial charge in [0, 0.05) is 20.4 Å². The van der Waals surface area contributed by atoms with E-state index in [1.54, 1.807) is 0 Å². The molecule has 0 spiro atoms. The van der Waals surface area contributed by atoms with E-state index in [1.807, 2.05) is 11.3 Å². The predicted octanol–water partition coefficient (Wildman–Crippen LogP) is 10.1. The van der Waals surface area contributed by atoms with Gasteiger partial charge < -0.3 is 4.42 Å². The predicted molar refractivity (Wildman–Crippen MR) is 151 cm³/mol. The van der Waals surface area contributed by atoms with Gasteiger partial charge in [-0.1, -0.05) is 88.3 Å². The van der Waals surface area contributed by atoms with Crippen LogP contribution < -0.4 is 0 Å². The molecule has 0 saturated heterocycles. The van der Waals surface area contributed by atoms with Crippen LogP contribution >= 0.6 is 11.3 Å². The normalized spacial score (nSPS) is 13.9. The lowest BCUT2D eigenvalue weighted by atomic mass is 9.74. The molecule has 0 aliphatic rings. The van der Waals surface area contributed by atoms with E-state index in [4.69, 9.17) is 4.42 Å². The summed E-state index contributed by atoms with van der Waals surface area (Å²) >= 11 is 1.95. The monoisotopic (exact) mass is 474 g/mol. The van der Waals surface area contributed by atoms with Crippen LogP contribution in [-0.2, 0) is 28.1 Å². The van der Waals surface area contributed by atoms with E-state index < -0.39 is 0 Å². The van der Waals surface area contributed by atoms with Crippen molar-refractivity contribution in [1.29, 1.82) is 0 Å². The first kappa shape index (κ1) is 25.0. The summed E-state index contributed by atoms with van der Waals surface area (Å²) in [5.74, 6) is 1.05. The van der Waals surface area contributed by atoms with Crippen molar-refractivity contribution in [2.24, 2.45) is 0 Å². The molecule has 0 unspecified atom stereocenters. The van der Waals surface area contributed by atoms with Crippen LogP contribution in [0.5, 0.6) is 0 Å². The number of rotatable bonds is 3. The minimum atomic E-state index is -0.0145. The van der Waals surface area contributed by atoms with Gasteiger partial charge in [0.2, 0.25) is 0 Å². The zero-order valence-corrected chi connectivity index (χ0v) is 23.9. The number of hydrogen-bond donors (Lipinski definition) is 0. The summed E-state index contributed by atoms with van der Waals surface area (Å²) < 4.78 is 7.70. The molecule has 0 radical (unpaired) electrons. The highest BCUT2D eigenvalue weighted by Gasteiger charge is 2.28. The SMILES string of the molecule is CC(C)(C)c1cc2ccc(C(C)(C)Cc3cc4cc(C(C)(C)C)sc4cc3C(C)(C)C)cc2o1. The molecule has 182 valence electrons. The van der Waals surface area contributed by atoms with E-state index in [9.17, 15) is 0 Å². The molecule has 2 aromatic heterocycles. The molecule has 4 aromatic rings. The Labute approximate surface area is 210 Å². The Morgan fingerprint density at radius 3 is 1.94 bits per heavy atom. The van der Waals surface area contributed by atoms with E-state index in [0.717, 1.165) is 17.8 Å². The average Bonchev–Trinajstić information content (AvgIpc) is 3.29. The van der Waals surface area contributed by atoms with Gasteiger partial charge in [0.15, 0.2) is 0 Å². The highest BCUT2D eigenvalue weighted by atomic mass is 32.1. The Kier molecular flexibility index (Phi) is 5.88. The third-order valence-electron chi connectivity index (χ3n) is 6.96. The average molecular weight is 475 g/mol. The largest absolute Gasteiger partial charge is 0.461 e. The Bertz CT molecular complexity index is 1340. The first-order valence-corrected chi connectivity index (χ1v) is 13.4. The summed E-state index contributed by atoms with van der Waals surface area (Å²) in [6.07, 6.45) is 0.995. The maximum absolute atomic E-state index is 6.29. The zero-order chi connectivity index (χ0) is 25.3. The number of thiophene rings is 1. The topological polar surface area (TPSA) is 13.1 Å². The molecule has 0 aliphatic heterocycles. The first-order valence-electron chi connectivity index (χ1n) is 12.6. The molecule has 0 fully saturated rings. The molecule has 1 nitrogen and oxygen atoms in total. The smallest absolute Gasteiger partial charge is 0.134 e. The summed E-state index contributed by atoms with van der Waals surface area (Å²) in [5, 5.41) is 2.57. The third kappa shape index (κ3) is 4.85. The van der Waals surface area contributed by atoms with E-state index >= 15 is 0 Å². The van der Waals surface area contributed by atoms with Crippen molar-refractivity contribution in [3.63, 3.8) is 0 Å². The number of furan rings is 1. The second-order valence-electron chi connectivity index (χ2n) is 13.8. The van der Waals surface area contributed by atoms with Gasteiger partial charge in [-0.2, -0.15) is 0 Å². The van der Waals surface area contributed by atoms with E-state index in [2.05, 4.69) is 119 Å². The summed E-state index contributed by atoms with van der Waals surface area (Å²) in [6, 6.07) is 16.3. The third-order valence-corrected chi connectivity index (χ3v) is 8.49. The number of hydrogen-bond acceptors (Lipinski definition) is 2. The van der Waals surface area contributed by atoms with Crippen LogP contribution in [0.15, 0.2) is 46.9 Å². The molecule has 0 aliphatic carbocycles. The molecule has 0 bridgehead atoms. The lowest BCUT2D eigenvalue weighted by Crippen LogP contribution is -2.23. The van der Waals surface area contributed by atoms with Crippen molar-refractivity contribution in [1.82, 2.24) is 0 Å². The van der Waals surface area contributed by atoms with Crippen molar-refractivity contribution < 1.29 is 4.42 Å². The molecule has 2 heterocycles. The highest BCUT2D eigenvalue weighted by molar-refractivity contribution is 7.19. The van der Waals surface area contributed by atoms with Crippen LogP contribution in [0.25, 0.3) is 21.1 Å². The first-order chi connectivity index (χ1) is 15.4. The fraction of sp³-hybridized carbons (Fsp3) is 0.500. The Hall–Kier alpha value is -2.06. The van der Waals surface area contributed by atoms with Crippen molar-refractivity contribution in [3.05, 3.63) is 69.8 Å². The van der Waals surface area contributed by atoms with Crippen molar-refractivity contribution in [2.75, 3.05) is 0 Å². The minimum Gasteiger partial charge on any atom is -0.461 e. The van der Waals surface area contributed by atoms with Gasteiger partial charge in [0.1, 0.15) is 11.3 Å². The Morgan fingerprint density at radius 1 is 0.676 bits per heavy atom. The molecular formula is C32H42OS. The van der Waals surface area contributed by atoms with Crippen LogP contribution in [0.2, 0.25) is 0 Å². The van der Waals surface area contributed by atoms with Crippen LogP contribution in [0, 0.1) is 0 Å². The number of fused-ring (bicyclic) bond motifs is 2. The number of benzene rings is 2. The summed E-state index contributed by atoms with van der Waals surface area (Å²) in [4.78, 5) is 1.46. The summed E-state index contributed by atoms with van der Waals surface area (Å²) in [6.45, 7) is 25.3. The van der Waals surface area contributed by atoms with Crippen LogP contribution in [0.3, 0.4) is 0 Å². The highest BCUT2D eigenvalue weighted by Crippen LogP contribution is 2.41. The molecule has 0 atom stereocenters. The van der Waals surface area contributed by atoms with Crippen LogP contribution in [0.4, 0.5) is 0 Å². The molecule has 2 heteroatoms. The van der Waals surface area contributed by atoms with Crippen molar-refractivity contribution in [2.45, 2.75) is 104 Å². The van der Waals surface area contributed by atoms with E-state index in [0.29, 0.717) is 0 Å². The summed E-state index contributed by atoms with van der Waals surface area (Å²) in [7, 11) is 0. The Morgan fingerprint density at radius 2 is 1.35 bits per heavy atom. The molecule has 34 heavy (non-hydrogen) atoms. The van der Waals surface area contributed by atoms with E-state index in [1.165, 1.54) is 37.0 Å². The molecule has 0 amide bonds. The molecule has 2 aromatic carbocycles. The van der Waals surface area contributed by atoms with E-state index in [-0.39, 0.29) is 21.7 Å². The lowest BCUT2D eigenvalue weighted by Gasteiger charge is -2.30. The van der Waals surface area contributed by atoms with Gasteiger partial charge in [-0.15, -0.1) is 11.3 Å². The maximum atomic E-state index is 6.29. The second kappa shape index (κ2) is 7.98. The molecule has 4 rings (SSSR count). The molecule has 0 N–H and O–H groups in total. The van der Waals surface area contributed by atoms with Gasteiger partial charge in [0.05, 0.1) is 0 Å². The fourth-order valence-corrected chi connectivity index (χ4v) is 5.89. The van der Waals surface area contributed by atoms with Gasteiger partial charge >= 0.3 is 0 Å². The van der Waals surface area contributed by atoms with Gasteiger partial charge in [0.25, 0.3) is 0 Å². The zero-order valence-electron chi connectivity index (χ0n) is 23.1. The quantitative estimate of drug-likeness (QED) is 0.288. The van der Waals surface area contributed by atoms with Crippen LogP contribution in [-0.4, -0.2) is 0 Å². The summed E-state index contributed by atoms with van der Waals surface area (Å²) in [5.41, 5.74) is 5.51. The van der Waals surface area contributed by atoms with Gasteiger partial charge in [-0.3, -0.25) is 0 Å². The van der Waals surface area contributed by atoms with Crippen molar-refractivity contribution >= 4 is 32.4 Å². The van der Waals surface area contributed by atoms with Gasteiger partial charge in [-0.05, 0) is 75.1 Å². The van der Waals surface area contributed by atoms with Gasteiger partial charge in [-0.25, -0.2) is 0 Å². The second-order valence-corrected chi connectivity index (χ2v) is 14.9. The minimum absolute atomic E-state index is 0.0121. The molecule has 0 saturated carbocycles. The van der Waals surface area contributed by atoms with Crippen molar-refractivity contribution in [3.8, 4) is 0 Å². The molecular weight excluding hydrogens is 432 g/mol. The van der Waals surface area contributed by atoms with Crippen LogP contribution in [0.1, 0.15) is 103 Å². The standard InChI is InChI=1S/C32H42OS/c1-29(2,3)24-18-26-21(16-28(34-26)31(7,8)9)14-22(24)19-32(10,11)23-13-12-20-15-27(30(4,5)6)33-25(20)17-23/h12-18H,19H2,1-11H3.